The van der Waals surface area contributed by atoms with Gasteiger partial charge in [0.2, 0.25) is 10.9 Å². The highest BCUT2D eigenvalue weighted by Crippen LogP contribution is 2.72. The van der Waals surface area contributed by atoms with Crippen LogP contribution in [0.15, 0.2) is 45.0 Å². The number of carbonyl (C=O) groups excluding carboxylic acids is 4. The molecule has 10 atom stereocenters. The maximum Gasteiger partial charge on any atom is 0.375 e. The van der Waals surface area contributed by atoms with Crippen molar-refractivity contribution in [3.63, 3.8) is 0 Å². The molecular formula is C30H31BrF2O8S. The lowest BCUT2D eigenvalue weighted by molar-refractivity contribution is -0.221. The van der Waals surface area contributed by atoms with Crippen molar-refractivity contribution < 1.29 is 47.0 Å². The summed E-state index contributed by atoms with van der Waals surface area (Å²) in [7, 11) is 0. The zero-order valence-corrected chi connectivity index (χ0v) is 25.6. The quantitative estimate of drug-likeness (QED) is 0.438. The lowest BCUT2D eigenvalue weighted by atomic mass is 9.44. The number of fused-ring (bicyclic) bond motifs is 5. The number of hydrogen-bond acceptors (Lipinski definition) is 9. The molecule has 42 heavy (non-hydrogen) atoms. The predicted molar refractivity (Wildman–Crippen MR) is 150 cm³/mol. The van der Waals surface area contributed by atoms with Crippen molar-refractivity contribution >= 4 is 50.5 Å². The molecule has 5 aliphatic rings. The Balaban J connectivity index is 1.46. The van der Waals surface area contributed by atoms with Gasteiger partial charge in [-0.25, -0.2) is 13.6 Å². The summed E-state index contributed by atoms with van der Waals surface area (Å²) < 4.78 is 50.4. The summed E-state index contributed by atoms with van der Waals surface area (Å²) in [4.78, 5) is 52.3. The van der Waals surface area contributed by atoms with Crippen molar-refractivity contribution in [1.29, 1.82) is 0 Å². The summed E-state index contributed by atoms with van der Waals surface area (Å²) in [6.45, 7) is 5.05. The minimum absolute atomic E-state index is 0.00471. The second-order valence-electron chi connectivity index (χ2n) is 12.6. The molecule has 1 aromatic rings. The molecule has 0 spiro atoms. The van der Waals surface area contributed by atoms with Gasteiger partial charge in [-0.15, -0.1) is 0 Å². The summed E-state index contributed by atoms with van der Waals surface area (Å²) in [5, 5.41) is 10.3. The second-order valence-corrected chi connectivity index (χ2v) is 14.5. The maximum atomic E-state index is 17.6. The number of aliphatic hydroxyl groups is 1. The van der Waals surface area contributed by atoms with Crippen molar-refractivity contribution in [3.8, 4) is 0 Å². The van der Waals surface area contributed by atoms with E-state index in [1.165, 1.54) is 31.2 Å². The minimum atomic E-state index is -2.36. The molecule has 6 rings (SSSR count). The number of hydrogen-bond donors (Lipinski definition) is 1. The van der Waals surface area contributed by atoms with Gasteiger partial charge in [-0.1, -0.05) is 31.7 Å². The average molecular weight is 670 g/mol. The molecule has 0 bridgehead atoms. The smallest absolute Gasteiger partial charge is 0.375 e. The summed E-state index contributed by atoms with van der Waals surface area (Å²) >= 11 is 3.88. The van der Waals surface area contributed by atoms with Gasteiger partial charge < -0.3 is 19.0 Å². The molecule has 226 valence electrons. The normalized spacial score (nSPS) is 44.1. The Kier molecular flexibility index (Phi) is 6.98. The van der Waals surface area contributed by atoms with Gasteiger partial charge in [-0.3, -0.25) is 14.4 Å². The summed E-state index contributed by atoms with van der Waals surface area (Å²) in [5.74, 6) is -4.55. The lowest BCUT2D eigenvalue weighted by Gasteiger charge is -2.63. The van der Waals surface area contributed by atoms with E-state index < -0.39 is 80.2 Å². The molecule has 2 heterocycles. The molecule has 1 aromatic heterocycles. The van der Waals surface area contributed by atoms with Gasteiger partial charge in [-0.05, 0) is 77.9 Å². The zero-order valence-electron chi connectivity index (χ0n) is 23.2. The highest BCUT2D eigenvalue weighted by atomic mass is 79.9. The summed E-state index contributed by atoms with van der Waals surface area (Å²) in [6.07, 6.45) is 0.210. The van der Waals surface area contributed by atoms with E-state index in [1.54, 1.807) is 13.8 Å². The van der Waals surface area contributed by atoms with Crippen molar-refractivity contribution in [1.82, 2.24) is 0 Å². The molecule has 1 saturated heterocycles. The van der Waals surface area contributed by atoms with E-state index >= 15 is 8.78 Å². The first kappa shape index (κ1) is 29.7. The van der Waals surface area contributed by atoms with Gasteiger partial charge in [0.05, 0.1) is 12.7 Å². The lowest BCUT2D eigenvalue weighted by Crippen LogP contribution is -2.70. The van der Waals surface area contributed by atoms with E-state index in [0.717, 1.165) is 17.8 Å². The molecule has 0 aromatic carbocycles. The van der Waals surface area contributed by atoms with Gasteiger partial charge in [0, 0.05) is 29.1 Å². The molecule has 8 nitrogen and oxygen atoms in total. The standard InChI is InChI=1S/C30H31BrF2O8S/c1-14-10-16-17-12-19(32)18-11-15(34)6-8-27(18,2)29(17,33)22(35)13-28(16,3)30(14,26(38)42-21-7-9-39-25(21)37)41-24(36)20-4-5-23(31)40-20/h4-6,8,11,14,16-17,19,21-22,35H,7,9-10,12-13H2,1-3H3/t14-,16+,17+,19+,21+,22+,27+,28+,29+,30+/m1/s1. The van der Waals surface area contributed by atoms with Crippen molar-refractivity contribution in [3.05, 3.63) is 46.4 Å². The molecule has 4 aliphatic carbocycles. The third kappa shape index (κ3) is 3.86. The van der Waals surface area contributed by atoms with E-state index in [4.69, 9.17) is 13.9 Å². The second kappa shape index (κ2) is 9.85. The molecule has 1 aliphatic heterocycles. The van der Waals surface area contributed by atoms with Gasteiger partial charge >= 0.3 is 11.9 Å². The van der Waals surface area contributed by atoms with Crippen LogP contribution in [0, 0.1) is 28.6 Å². The molecule has 3 saturated carbocycles. The molecule has 12 heteroatoms. The summed E-state index contributed by atoms with van der Waals surface area (Å²) in [5.41, 5.74) is -7.22. The van der Waals surface area contributed by atoms with E-state index in [1.807, 2.05) is 0 Å². The van der Waals surface area contributed by atoms with Crippen LogP contribution in [0.5, 0.6) is 0 Å². The number of esters is 2. The topological polar surface area (TPSA) is 120 Å². The van der Waals surface area contributed by atoms with Crippen LogP contribution in [-0.2, 0) is 23.9 Å². The van der Waals surface area contributed by atoms with Crippen molar-refractivity contribution in [2.24, 2.45) is 28.6 Å². The first-order chi connectivity index (χ1) is 19.7. The monoisotopic (exact) mass is 668 g/mol. The number of ether oxygens (including phenoxy) is 2. The number of furan rings is 1. The Hall–Kier alpha value is -2.31. The number of allylic oxidation sites excluding steroid dienone is 4. The Morgan fingerprint density at radius 1 is 1.19 bits per heavy atom. The first-order valence-corrected chi connectivity index (χ1v) is 15.7. The Morgan fingerprint density at radius 3 is 2.57 bits per heavy atom. The number of thioether (sulfide) groups is 1. The van der Waals surface area contributed by atoms with Crippen LogP contribution >= 0.6 is 27.7 Å². The van der Waals surface area contributed by atoms with E-state index in [0.29, 0.717) is 6.42 Å². The van der Waals surface area contributed by atoms with E-state index in [2.05, 4.69) is 15.9 Å². The maximum absolute atomic E-state index is 17.6. The average Bonchev–Trinajstić information content (AvgIpc) is 3.60. The van der Waals surface area contributed by atoms with Crippen LogP contribution in [0.4, 0.5) is 8.78 Å². The number of halogens is 3. The van der Waals surface area contributed by atoms with E-state index in [9.17, 15) is 24.3 Å². The van der Waals surface area contributed by atoms with Gasteiger partial charge in [0.25, 0.3) is 0 Å². The van der Waals surface area contributed by atoms with Crippen molar-refractivity contribution in [2.75, 3.05) is 6.61 Å². The highest BCUT2D eigenvalue weighted by molar-refractivity contribution is 9.10. The Bertz CT molecular complexity index is 1440. The number of rotatable bonds is 4. The van der Waals surface area contributed by atoms with Crippen molar-refractivity contribution in [2.45, 2.75) is 75.2 Å². The molecule has 0 unspecified atom stereocenters. The molecule has 4 fully saturated rings. The summed E-state index contributed by atoms with van der Waals surface area (Å²) in [6, 6.07) is 2.88. The van der Waals surface area contributed by atoms with Gasteiger partial charge in [0.15, 0.2) is 21.7 Å². The third-order valence-corrected chi connectivity index (χ3v) is 12.3. The van der Waals surface area contributed by atoms with E-state index in [-0.39, 0.29) is 41.9 Å². The van der Waals surface area contributed by atoms with Gasteiger partial charge in [0.1, 0.15) is 11.4 Å². The number of aliphatic hydroxyl groups excluding tert-OH is 1. The fourth-order valence-electron chi connectivity index (χ4n) is 8.64. The van der Waals surface area contributed by atoms with Crippen LogP contribution < -0.4 is 0 Å². The van der Waals surface area contributed by atoms with Crippen LogP contribution in [0.25, 0.3) is 0 Å². The van der Waals surface area contributed by atoms with Crippen LogP contribution in [-0.4, -0.2) is 63.3 Å². The fraction of sp³-hybridized carbons (Fsp3) is 0.600. The predicted octanol–water partition coefficient (Wildman–Crippen LogP) is 5.08. The molecular weight excluding hydrogens is 638 g/mol. The van der Waals surface area contributed by atoms with Crippen LogP contribution in [0.3, 0.4) is 0 Å². The molecule has 0 radical (unpaired) electrons. The Labute approximate surface area is 253 Å². The fourth-order valence-corrected chi connectivity index (χ4v) is 10.2. The Morgan fingerprint density at radius 2 is 1.93 bits per heavy atom. The molecule has 1 N–H and O–H groups in total. The highest BCUT2D eigenvalue weighted by Gasteiger charge is 2.78. The number of ketones is 1. The van der Waals surface area contributed by atoms with Gasteiger partial charge in [-0.2, -0.15) is 0 Å². The van der Waals surface area contributed by atoms with Crippen LogP contribution in [0.1, 0.15) is 57.0 Å². The van der Waals surface area contributed by atoms with Crippen LogP contribution in [0.2, 0.25) is 0 Å². The number of alkyl halides is 2. The first-order valence-electron chi connectivity index (χ1n) is 14.0. The number of carbonyl (C=O) groups is 4. The zero-order chi connectivity index (χ0) is 30.4. The largest absolute Gasteiger partial charge is 0.465 e. The SMILES string of the molecule is C[C@@H]1C[C@H]2[C@@H]3C[C@H](F)C4=CC(=O)C=C[C@]4(C)[C@@]3(F)[C@@H](O)C[C@]2(C)[C@@]1(OC(=O)c1ccc(Br)o1)C(=O)S[C@H]1CCOC1=O. The molecule has 0 amide bonds. The minimum Gasteiger partial charge on any atom is -0.465 e. The number of cyclic esters (lactones) is 1. The third-order valence-electron chi connectivity index (χ3n) is 10.6.